The van der Waals surface area contributed by atoms with Crippen LogP contribution in [0.25, 0.3) is 0 Å². The Morgan fingerprint density at radius 3 is 2.59 bits per heavy atom. The molecule has 1 atom stereocenters. The van der Waals surface area contributed by atoms with E-state index in [1.54, 1.807) is 24.1 Å². The molecule has 4 heteroatoms. The first-order valence-corrected chi connectivity index (χ1v) is 5.42. The lowest BCUT2D eigenvalue weighted by Gasteiger charge is -2.28. The molecule has 1 aliphatic heterocycles. The number of amides is 1. The van der Waals surface area contributed by atoms with Crippen molar-refractivity contribution in [2.75, 3.05) is 13.6 Å². The molecule has 1 aliphatic rings. The predicted molar refractivity (Wildman–Crippen MR) is 63.9 cm³/mol. The van der Waals surface area contributed by atoms with Crippen LogP contribution >= 0.6 is 0 Å². The van der Waals surface area contributed by atoms with Gasteiger partial charge in [-0.3, -0.25) is 4.79 Å². The second-order valence-electron chi connectivity index (χ2n) is 4.48. The fourth-order valence-electron chi connectivity index (χ4n) is 2.39. The van der Waals surface area contributed by atoms with Gasteiger partial charge >= 0.3 is 0 Å². The van der Waals surface area contributed by atoms with Gasteiger partial charge in [0.15, 0.2) is 0 Å². The SMILES string of the molecule is Cc1ccccc1C1(C(N)=O)CN(C)C=C1F. The predicted octanol–water partition coefficient (Wildman–Crippen LogP) is 1.47. The van der Waals surface area contributed by atoms with Gasteiger partial charge < -0.3 is 10.6 Å². The summed E-state index contributed by atoms with van der Waals surface area (Å²) in [7, 11) is 1.72. The quantitative estimate of drug-likeness (QED) is 0.842. The summed E-state index contributed by atoms with van der Waals surface area (Å²) >= 11 is 0. The summed E-state index contributed by atoms with van der Waals surface area (Å²) in [5.74, 6) is -1.13. The van der Waals surface area contributed by atoms with Gasteiger partial charge in [0, 0.05) is 19.8 Å². The Kier molecular flexibility index (Phi) is 2.65. The molecule has 0 radical (unpaired) electrons. The van der Waals surface area contributed by atoms with Crippen LogP contribution in [0.3, 0.4) is 0 Å². The highest BCUT2D eigenvalue weighted by molar-refractivity contribution is 5.91. The zero-order valence-corrected chi connectivity index (χ0v) is 9.90. The Hall–Kier alpha value is -1.84. The van der Waals surface area contributed by atoms with Crippen LogP contribution < -0.4 is 5.73 Å². The molecule has 2 N–H and O–H groups in total. The van der Waals surface area contributed by atoms with Gasteiger partial charge in [-0.05, 0) is 18.1 Å². The van der Waals surface area contributed by atoms with Crippen LogP contribution in [0.1, 0.15) is 11.1 Å². The Bertz CT molecular complexity index is 498. The maximum atomic E-state index is 14.1. The first-order chi connectivity index (χ1) is 7.98. The van der Waals surface area contributed by atoms with E-state index in [9.17, 15) is 9.18 Å². The van der Waals surface area contributed by atoms with Crippen molar-refractivity contribution < 1.29 is 9.18 Å². The number of primary amides is 1. The van der Waals surface area contributed by atoms with E-state index in [4.69, 9.17) is 5.73 Å². The van der Waals surface area contributed by atoms with Crippen LogP contribution in [0.4, 0.5) is 4.39 Å². The molecule has 1 aromatic rings. The molecule has 3 nitrogen and oxygen atoms in total. The molecule has 0 saturated heterocycles. The number of carbonyl (C=O) groups is 1. The third kappa shape index (κ3) is 1.60. The maximum absolute atomic E-state index is 14.1. The fourth-order valence-corrected chi connectivity index (χ4v) is 2.39. The lowest BCUT2D eigenvalue weighted by atomic mass is 9.77. The molecular weight excluding hydrogens is 219 g/mol. The Balaban J connectivity index is 2.63. The van der Waals surface area contributed by atoms with Crippen molar-refractivity contribution in [2.24, 2.45) is 5.73 Å². The highest BCUT2D eigenvalue weighted by Crippen LogP contribution is 2.39. The molecule has 0 spiro atoms. The minimum Gasteiger partial charge on any atom is -0.376 e. The first kappa shape index (κ1) is 11.6. The van der Waals surface area contributed by atoms with E-state index in [0.29, 0.717) is 5.56 Å². The third-order valence-electron chi connectivity index (χ3n) is 3.25. The van der Waals surface area contributed by atoms with E-state index < -0.39 is 17.1 Å². The van der Waals surface area contributed by atoms with E-state index in [1.807, 2.05) is 19.1 Å². The summed E-state index contributed by atoms with van der Waals surface area (Å²) in [4.78, 5) is 13.4. The van der Waals surface area contributed by atoms with Crippen LogP contribution in [0.5, 0.6) is 0 Å². The summed E-state index contributed by atoms with van der Waals surface area (Å²) in [5.41, 5.74) is 5.62. The topological polar surface area (TPSA) is 46.3 Å². The number of aryl methyl sites for hydroxylation is 1. The number of benzene rings is 1. The number of nitrogens with two attached hydrogens (primary N) is 1. The first-order valence-electron chi connectivity index (χ1n) is 5.42. The molecule has 1 heterocycles. The summed E-state index contributed by atoms with van der Waals surface area (Å²) in [5, 5.41) is 0. The van der Waals surface area contributed by atoms with Crippen molar-refractivity contribution in [3.8, 4) is 0 Å². The zero-order valence-electron chi connectivity index (χ0n) is 9.90. The van der Waals surface area contributed by atoms with Crippen LogP contribution in [0.15, 0.2) is 36.3 Å². The van der Waals surface area contributed by atoms with Crippen LogP contribution in [-0.2, 0) is 10.2 Å². The second-order valence-corrected chi connectivity index (χ2v) is 4.48. The summed E-state index contributed by atoms with van der Waals surface area (Å²) in [6, 6.07) is 7.25. The molecule has 0 bridgehead atoms. The number of hydrogen-bond acceptors (Lipinski definition) is 2. The van der Waals surface area contributed by atoms with E-state index in [1.165, 1.54) is 6.20 Å². The standard InChI is InChI=1S/C13H15FN2O/c1-9-5-3-4-6-10(9)13(12(15)17)8-16(2)7-11(13)14/h3-7H,8H2,1-2H3,(H2,15,17). The van der Waals surface area contributed by atoms with Gasteiger partial charge in [0.05, 0.1) is 0 Å². The highest BCUT2D eigenvalue weighted by Gasteiger charge is 2.48. The third-order valence-corrected chi connectivity index (χ3v) is 3.25. The minimum absolute atomic E-state index is 0.249. The van der Waals surface area contributed by atoms with Gasteiger partial charge in [0.2, 0.25) is 5.91 Å². The average molecular weight is 234 g/mol. The fraction of sp³-hybridized carbons (Fsp3) is 0.308. The Morgan fingerprint density at radius 1 is 1.47 bits per heavy atom. The number of nitrogens with zero attached hydrogens (tertiary/aromatic N) is 1. The highest BCUT2D eigenvalue weighted by atomic mass is 19.1. The van der Waals surface area contributed by atoms with E-state index in [0.717, 1.165) is 5.56 Å². The number of rotatable bonds is 2. The largest absolute Gasteiger partial charge is 0.376 e. The van der Waals surface area contributed by atoms with Gasteiger partial charge in [0.1, 0.15) is 11.2 Å². The zero-order chi connectivity index (χ0) is 12.6. The number of hydrogen-bond donors (Lipinski definition) is 1. The maximum Gasteiger partial charge on any atom is 0.236 e. The lowest BCUT2D eigenvalue weighted by Crippen LogP contribution is -2.45. The second kappa shape index (κ2) is 3.87. The summed E-state index contributed by atoms with van der Waals surface area (Å²) in [6.07, 6.45) is 1.33. The molecule has 0 aliphatic carbocycles. The van der Waals surface area contributed by atoms with E-state index >= 15 is 0 Å². The van der Waals surface area contributed by atoms with Crippen molar-refractivity contribution in [1.82, 2.24) is 4.90 Å². The minimum atomic E-state index is -1.33. The molecule has 1 aromatic carbocycles. The number of halogens is 1. The summed E-state index contributed by atoms with van der Waals surface area (Å²) < 4.78 is 14.1. The molecule has 2 rings (SSSR count). The van der Waals surface area contributed by atoms with Crippen molar-refractivity contribution >= 4 is 5.91 Å². The average Bonchev–Trinajstić information content (AvgIpc) is 2.55. The molecule has 0 saturated carbocycles. The van der Waals surface area contributed by atoms with Gasteiger partial charge in [-0.15, -0.1) is 0 Å². The van der Waals surface area contributed by atoms with E-state index in [-0.39, 0.29) is 6.54 Å². The smallest absolute Gasteiger partial charge is 0.236 e. The van der Waals surface area contributed by atoms with Crippen molar-refractivity contribution in [3.63, 3.8) is 0 Å². The summed E-state index contributed by atoms with van der Waals surface area (Å²) in [6.45, 7) is 2.10. The van der Waals surface area contributed by atoms with Crippen LogP contribution in [0, 0.1) is 6.92 Å². The molecule has 0 aromatic heterocycles. The molecular formula is C13H15FN2O. The molecule has 0 fully saturated rings. The van der Waals surface area contributed by atoms with Crippen molar-refractivity contribution in [2.45, 2.75) is 12.3 Å². The van der Waals surface area contributed by atoms with Crippen LogP contribution in [0.2, 0.25) is 0 Å². The monoisotopic (exact) mass is 234 g/mol. The molecule has 1 amide bonds. The Morgan fingerprint density at radius 2 is 2.12 bits per heavy atom. The van der Waals surface area contributed by atoms with Crippen LogP contribution in [-0.4, -0.2) is 24.4 Å². The van der Waals surface area contributed by atoms with Gasteiger partial charge in [-0.25, -0.2) is 4.39 Å². The lowest BCUT2D eigenvalue weighted by molar-refractivity contribution is -0.122. The van der Waals surface area contributed by atoms with Crippen molar-refractivity contribution in [1.29, 1.82) is 0 Å². The van der Waals surface area contributed by atoms with Crippen molar-refractivity contribution in [3.05, 3.63) is 47.4 Å². The molecule has 1 unspecified atom stereocenters. The normalized spacial score (nSPS) is 23.7. The molecule has 90 valence electrons. The number of carbonyl (C=O) groups excluding carboxylic acids is 1. The number of likely N-dealkylation sites (N-methyl/N-ethyl adjacent to an activating group) is 1. The van der Waals surface area contributed by atoms with Gasteiger partial charge in [-0.1, -0.05) is 24.3 Å². The van der Waals surface area contributed by atoms with Gasteiger partial charge in [0.25, 0.3) is 0 Å². The molecule has 17 heavy (non-hydrogen) atoms. The van der Waals surface area contributed by atoms with Gasteiger partial charge in [-0.2, -0.15) is 0 Å². The van der Waals surface area contributed by atoms with E-state index in [2.05, 4.69) is 0 Å². The Labute approximate surface area is 99.7 Å².